The Labute approximate surface area is 111 Å². The van der Waals surface area contributed by atoms with Gasteiger partial charge in [-0.25, -0.2) is 9.59 Å². The highest BCUT2D eigenvalue weighted by Crippen LogP contribution is 2.04. The van der Waals surface area contributed by atoms with Crippen LogP contribution in [0.25, 0.3) is 0 Å². The fourth-order valence-corrected chi connectivity index (χ4v) is 1.66. The Hall–Kier alpha value is -2.05. The molecule has 0 aliphatic heterocycles. The first kappa shape index (κ1) is 15.0. The summed E-state index contributed by atoms with van der Waals surface area (Å²) in [4.78, 5) is 22.2. The average molecular weight is 268 g/mol. The SMILES string of the molecule is CC[C@H](NC(=O)NCCCc1cn[nH]c1C)C(=O)O. The summed E-state index contributed by atoms with van der Waals surface area (Å²) in [6, 6.07) is -1.28. The number of rotatable bonds is 7. The quantitative estimate of drug-likeness (QED) is 0.549. The molecule has 7 nitrogen and oxygen atoms in total. The molecule has 0 bridgehead atoms. The van der Waals surface area contributed by atoms with Crippen molar-refractivity contribution in [2.24, 2.45) is 0 Å². The first-order valence-electron chi connectivity index (χ1n) is 6.30. The third kappa shape index (κ3) is 4.99. The minimum atomic E-state index is -1.02. The summed E-state index contributed by atoms with van der Waals surface area (Å²) in [6.45, 7) is 4.15. The Morgan fingerprint density at radius 2 is 2.26 bits per heavy atom. The minimum Gasteiger partial charge on any atom is -0.480 e. The number of H-pyrrole nitrogens is 1. The van der Waals surface area contributed by atoms with E-state index in [4.69, 9.17) is 5.11 Å². The summed E-state index contributed by atoms with van der Waals surface area (Å²) in [5.74, 6) is -1.02. The fourth-order valence-electron chi connectivity index (χ4n) is 1.66. The van der Waals surface area contributed by atoms with Crippen molar-refractivity contribution in [3.05, 3.63) is 17.5 Å². The Bertz CT molecular complexity index is 430. The third-order valence-electron chi connectivity index (χ3n) is 2.85. The molecular weight excluding hydrogens is 248 g/mol. The van der Waals surface area contributed by atoms with Crippen molar-refractivity contribution in [1.29, 1.82) is 0 Å². The number of carbonyl (C=O) groups excluding carboxylic acids is 1. The predicted molar refractivity (Wildman–Crippen MR) is 69.9 cm³/mol. The summed E-state index contributed by atoms with van der Waals surface area (Å²) in [7, 11) is 0. The van der Waals surface area contributed by atoms with E-state index in [1.807, 2.05) is 6.92 Å². The lowest BCUT2D eigenvalue weighted by molar-refractivity contribution is -0.139. The van der Waals surface area contributed by atoms with Crippen molar-refractivity contribution in [1.82, 2.24) is 20.8 Å². The van der Waals surface area contributed by atoms with Crippen LogP contribution in [-0.4, -0.2) is 39.9 Å². The van der Waals surface area contributed by atoms with Crippen LogP contribution in [0.4, 0.5) is 4.79 Å². The fraction of sp³-hybridized carbons (Fsp3) is 0.583. The minimum absolute atomic E-state index is 0.358. The topological polar surface area (TPSA) is 107 Å². The van der Waals surface area contributed by atoms with E-state index in [-0.39, 0.29) is 0 Å². The van der Waals surface area contributed by atoms with Crippen molar-refractivity contribution in [3.8, 4) is 0 Å². The van der Waals surface area contributed by atoms with Gasteiger partial charge >= 0.3 is 12.0 Å². The smallest absolute Gasteiger partial charge is 0.326 e. The monoisotopic (exact) mass is 268 g/mol. The molecule has 1 aromatic heterocycles. The second-order valence-electron chi connectivity index (χ2n) is 4.32. The predicted octanol–water partition coefficient (Wildman–Crippen LogP) is 0.813. The van der Waals surface area contributed by atoms with E-state index < -0.39 is 18.0 Å². The number of aryl methyl sites for hydroxylation is 2. The second-order valence-corrected chi connectivity index (χ2v) is 4.32. The van der Waals surface area contributed by atoms with Crippen LogP contribution in [0, 0.1) is 6.92 Å². The number of hydrogen-bond donors (Lipinski definition) is 4. The highest BCUT2D eigenvalue weighted by molar-refractivity contribution is 5.82. The van der Waals surface area contributed by atoms with Crippen molar-refractivity contribution in [2.75, 3.05) is 6.54 Å². The lowest BCUT2D eigenvalue weighted by atomic mass is 10.1. The Morgan fingerprint density at radius 1 is 1.53 bits per heavy atom. The van der Waals surface area contributed by atoms with Crippen LogP contribution in [0.1, 0.15) is 31.0 Å². The number of hydrogen-bond acceptors (Lipinski definition) is 3. The Balaban J connectivity index is 2.20. The van der Waals surface area contributed by atoms with E-state index in [9.17, 15) is 9.59 Å². The lowest BCUT2D eigenvalue weighted by Crippen LogP contribution is -2.45. The molecule has 1 atom stereocenters. The second kappa shape index (κ2) is 7.40. The molecule has 1 rings (SSSR count). The third-order valence-corrected chi connectivity index (χ3v) is 2.85. The van der Waals surface area contributed by atoms with Crippen molar-refractivity contribution < 1.29 is 14.7 Å². The van der Waals surface area contributed by atoms with Crippen LogP contribution in [0.5, 0.6) is 0 Å². The van der Waals surface area contributed by atoms with Crippen LogP contribution in [0.3, 0.4) is 0 Å². The zero-order valence-corrected chi connectivity index (χ0v) is 11.2. The van der Waals surface area contributed by atoms with Gasteiger partial charge in [0.15, 0.2) is 0 Å². The van der Waals surface area contributed by atoms with Gasteiger partial charge in [0, 0.05) is 12.2 Å². The summed E-state index contributed by atoms with van der Waals surface area (Å²) >= 11 is 0. The number of urea groups is 1. The zero-order valence-electron chi connectivity index (χ0n) is 11.2. The van der Waals surface area contributed by atoms with Gasteiger partial charge in [-0.05, 0) is 31.7 Å². The number of carboxylic acid groups (broad SMARTS) is 1. The molecular formula is C12H20N4O3. The van der Waals surface area contributed by atoms with Gasteiger partial charge in [-0.3, -0.25) is 5.10 Å². The summed E-state index contributed by atoms with van der Waals surface area (Å²) < 4.78 is 0. The standard InChI is InChI=1S/C12H20N4O3/c1-3-10(11(17)18)15-12(19)13-6-4-5-9-7-14-16-8(9)2/h7,10H,3-6H2,1-2H3,(H,14,16)(H,17,18)(H2,13,15,19)/t10-/m0/s1. The van der Waals surface area contributed by atoms with Gasteiger partial charge in [0.2, 0.25) is 0 Å². The summed E-state index contributed by atoms with van der Waals surface area (Å²) in [6.07, 6.45) is 3.72. The van der Waals surface area contributed by atoms with Gasteiger partial charge in [-0.1, -0.05) is 6.92 Å². The Morgan fingerprint density at radius 3 is 2.79 bits per heavy atom. The van der Waals surface area contributed by atoms with Crippen LogP contribution >= 0.6 is 0 Å². The highest BCUT2D eigenvalue weighted by atomic mass is 16.4. The average Bonchev–Trinajstić information content (AvgIpc) is 2.77. The molecule has 0 unspecified atom stereocenters. The number of nitrogens with zero attached hydrogens (tertiary/aromatic N) is 1. The molecule has 0 saturated carbocycles. The molecule has 0 aliphatic carbocycles. The van der Waals surface area contributed by atoms with Crippen LogP contribution in [0.15, 0.2) is 6.20 Å². The molecule has 0 spiro atoms. The largest absolute Gasteiger partial charge is 0.480 e. The van der Waals surface area contributed by atoms with E-state index in [0.29, 0.717) is 13.0 Å². The lowest BCUT2D eigenvalue weighted by Gasteiger charge is -2.13. The summed E-state index contributed by atoms with van der Waals surface area (Å²) in [5, 5.41) is 20.6. The molecule has 1 heterocycles. The van der Waals surface area contributed by atoms with E-state index in [1.165, 1.54) is 0 Å². The maximum Gasteiger partial charge on any atom is 0.326 e. The maximum absolute atomic E-state index is 11.4. The molecule has 0 aromatic carbocycles. The number of carboxylic acids is 1. The Kier molecular flexibility index (Phi) is 5.84. The zero-order chi connectivity index (χ0) is 14.3. The number of aromatic nitrogens is 2. The summed E-state index contributed by atoms with van der Waals surface area (Å²) in [5.41, 5.74) is 2.15. The van der Waals surface area contributed by atoms with Crippen LogP contribution in [-0.2, 0) is 11.2 Å². The van der Waals surface area contributed by atoms with E-state index >= 15 is 0 Å². The molecule has 19 heavy (non-hydrogen) atoms. The van der Waals surface area contributed by atoms with E-state index in [0.717, 1.165) is 24.1 Å². The first-order valence-corrected chi connectivity index (χ1v) is 6.30. The molecule has 0 saturated heterocycles. The highest BCUT2D eigenvalue weighted by Gasteiger charge is 2.16. The van der Waals surface area contributed by atoms with Gasteiger partial charge in [0.25, 0.3) is 0 Å². The molecule has 1 aromatic rings. The van der Waals surface area contributed by atoms with Gasteiger partial charge in [-0.15, -0.1) is 0 Å². The molecule has 7 heteroatoms. The molecule has 0 fully saturated rings. The van der Waals surface area contributed by atoms with E-state index in [1.54, 1.807) is 13.1 Å². The van der Waals surface area contributed by atoms with Gasteiger partial charge in [0.1, 0.15) is 6.04 Å². The number of nitrogens with one attached hydrogen (secondary N) is 3. The van der Waals surface area contributed by atoms with Crippen molar-refractivity contribution in [3.63, 3.8) is 0 Å². The van der Waals surface area contributed by atoms with Crippen LogP contribution in [0.2, 0.25) is 0 Å². The molecule has 106 valence electrons. The van der Waals surface area contributed by atoms with E-state index in [2.05, 4.69) is 20.8 Å². The molecule has 4 N–H and O–H groups in total. The normalized spacial score (nSPS) is 11.9. The van der Waals surface area contributed by atoms with Gasteiger partial charge < -0.3 is 15.7 Å². The van der Waals surface area contributed by atoms with Crippen LogP contribution < -0.4 is 10.6 Å². The molecule has 0 radical (unpaired) electrons. The number of aromatic amines is 1. The molecule has 2 amide bonds. The first-order chi connectivity index (χ1) is 9.04. The molecule has 0 aliphatic rings. The number of amides is 2. The number of carbonyl (C=O) groups is 2. The van der Waals surface area contributed by atoms with Gasteiger partial charge in [0.05, 0.1) is 6.20 Å². The van der Waals surface area contributed by atoms with Crippen molar-refractivity contribution in [2.45, 2.75) is 39.2 Å². The number of aliphatic carboxylic acids is 1. The van der Waals surface area contributed by atoms with Crippen molar-refractivity contribution >= 4 is 12.0 Å². The van der Waals surface area contributed by atoms with Gasteiger partial charge in [-0.2, -0.15) is 5.10 Å². The maximum atomic E-state index is 11.4.